The van der Waals surface area contributed by atoms with Gasteiger partial charge in [0.1, 0.15) is 0 Å². The molecule has 0 heterocycles. The maximum absolute atomic E-state index is 10.6. The number of carbonyl (C=O) groups is 1. The molecule has 0 amide bonds. The zero-order valence-corrected chi connectivity index (χ0v) is 9.23. The van der Waals surface area contributed by atoms with E-state index in [2.05, 4.69) is 15.9 Å². The van der Waals surface area contributed by atoms with Crippen molar-refractivity contribution in [2.24, 2.45) is 0 Å². The first-order chi connectivity index (χ1) is 7.10. The third kappa shape index (κ3) is 2.55. The second kappa shape index (κ2) is 4.91. The van der Waals surface area contributed by atoms with E-state index in [0.29, 0.717) is 5.33 Å². The molecule has 2 N–H and O–H groups in total. The monoisotopic (exact) mass is 269 g/mol. The van der Waals surface area contributed by atoms with Gasteiger partial charge in [-0.25, -0.2) is 4.79 Å². The predicted molar refractivity (Wildman–Crippen MR) is 56.4 cm³/mol. The normalized spacial score (nSPS) is 11.8. The maximum atomic E-state index is 10.6. The summed E-state index contributed by atoms with van der Waals surface area (Å²) in [6.07, 6.45) is -1.65. The molecule has 0 saturated heterocycles. The molecule has 0 aliphatic heterocycles. The van der Waals surface area contributed by atoms with E-state index in [4.69, 9.17) is 10.4 Å². The summed E-state index contributed by atoms with van der Waals surface area (Å²) in [6.45, 7) is 0. The average Bonchev–Trinajstić information content (AvgIpc) is 2.27. The number of nitrogens with zero attached hydrogens (tertiary/aromatic N) is 1. The zero-order chi connectivity index (χ0) is 11.4. The SMILES string of the molecule is N#Cc1cc(CBr)ccc1C(O)C(=O)O. The van der Waals surface area contributed by atoms with Crippen molar-refractivity contribution in [2.45, 2.75) is 11.4 Å². The Hall–Kier alpha value is -1.38. The third-order valence-corrected chi connectivity index (χ3v) is 2.57. The van der Waals surface area contributed by atoms with Crippen LogP contribution in [0.1, 0.15) is 22.8 Å². The number of rotatable bonds is 3. The van der Waals surface area contributed by atoms with Crippen molar-refractivity contribution < 1.29 is 15.0 Å². The van der Waals surface area contributed by atoms with E-state index in [1.54, 1.807) is 12.1 Å². The number of halogens is 1. The molecular formula is C10H8BrNO3. The molecule has 4 nitrogen and oxygen atoms in total. The number of nitriles is 1. The average molecular weight is 270 g/mol. The minimum absolute atomic E-state index is 0.120. The molecule has 1 unspecified atom stereocenters. The van der Waals surface area contributed by atoms with E-state index in [-0.39, 0.29) is 11.1 Å². The largest absolute Gasteiger partial charge is 0.479 e. The van der Waals surface area contributed by atoms with Gasteiger partial charge in [-0.3, -0.25) is 0 Å². The standard InChI is InChI=1S/C10H8BrNO3/c11-4-6-1-2-8(7(3-6)5-12)9(13)10(14)15/h1-3,9,13H,4H2,(H,14,15). The van der Waals surface area contributed by atoms with Crippen LogP contribution >= 0.6 is 15.9 Å². The molecule has 78 valence electrons. The van der Waals surface area contributed by atoms with Crippen molar-refractivity contribution >= 4 is 21.9 Å². The highest BCUT2D eigenvalue weighted by atomic mass is 79.9. The van der Waals surface area contributed by atoms with Crippen molar-refractivity contribution in [1.29, 1.82) is 5.26 Å². The number of hydrogen-bond acceptors (Lipinski definition) is 3. The van der Waals surface area contributed by atoms with Crippen LogP contribution < -0.4 is 0 Å². The Morgan fingerprint density at radius 2 is 2.27 bits per heavy atom. The second-order valence-electron chi connectivity index (χ2n) is 2.91. The summed E-state index contributed by atoms with van der Waals surface area (Å²) in [4.78, 5) is 10.6. The molecule has 0 spiro atoms. The van der Waals surface area contributed by atoms with Gasteiger partial charge >= 0.3 is 5.97 Å². The molecule has 0 radical (unpaired) electrons. The lowest BCUT2D eigenvalue weighted by Crippen LogP contribution is -2.12. The van der Waals surface area contributed by atoms with Crippen LogP contribution in [0.5, 0.6) is 0 Å². The first kappa shape index (κ1) is 11.7. The molecule has 1 rings (SSSR count). The van der Waals surface area contributed by atoms with E-state index in [1.807, 2.05) is 6.07 Å². The molecule has 0 aliphatic rings. The molecule has 15 heavy (non-hydrogen) atoms. The summed E-state index contributed by atoms with van der Waals surface area (Å²) >= 11 is 3.22. The summed E-state index contributed by atoms with van der Waals surface area (Å²) in [7, 11) is 0. The lowest BCUT2D eigenvalue weighted by Gasteiger charge is -2.08. The highest BCUT2D eigenvalue weighted by Gasteiger charge is 2.19. The highest BCUT2D eigenvalue weighted by molar-refractivity contribution is 9.08. The Morgan fingerprint density at radius 3 is 2.73 bits per heavy atom. The van der Waals surface area contributed by atoms with Gasteiger partial charge in [-0.15, -0.1) is 0 Å². The van der Waals surface area contributed by atoms with Crippen LogP contribution in [0.15, 0.2) is 18.2 Å². The zero-order valence-electron chi connectivity index (χ0n) is 7.64. The first-order valence-electron chi connectivity index (χ1n) is 4.10. The molecule has 1 aromatic rings. The minimum Gasteiger partial charge on any atom is -0.479 e. The van der Waals surface area contributed by atoms with Crippen molar-refractivity contribution in [3.8, 4) is 6.07 Å². The number of aliphatic hydroxyl groups is 1. The van der Waals surface area contributed by atoms with Crippen LogP contribution in [0.2, 0.25) is 0 Å². The van der Waals surface area contributed by atoms with E-state index in [1.165, 1.54) is 6.07 Å². The maximum Gasteiger partial charge on any atom is 0.337 e. The molecule has 0 bridgehead atoms. The summed E-state index contributed by atoms with van der Waals surface area (Å²) in [5, 5.41) is 27.3. The lowest BCUT2D eigenvalue weighted by molar-refractivity contribution is -0.146. The van der Waals surface area contributed by atoms with Crippen LogP contribution in [-0.4, -0.2) is 16.2 Å². The van der Waals surface area contributed by atoms with Gasteiger partial charge in [-0.2, -0.15) is 5.26 Å². The second-order valence-corrected chi connectivity index (χ2v) is 3.47. The molecule has 5 heteroatoms. The topological polar surface area (TPSA) is 81.3 Å². The molecule has 0 saturated carbocycles. The van der Waals surface area contributed by atoms with Gasteiger partial charge in [0.2, 0.25) is 0 Å². The fraction of sp³-hybridized carbons (Fsp3) is 0.200. The van der Waals surface area contributed by atoms with Crippen LogP contribution in [0.25, 0.3) is 0 Å². The van der Waals surface area contributed by atoms with Crippen LogP contribution in [0.3, 0.4) is 0 Å². The number of hydrogen-bond donors (Lipinski definition) is 2. The summed E-state index contributed by atoms with van der Waals surface area (Å²) < 4.78 is 0. The Morgan fingerprint density at radius 1 is 1.60 bits per heavy atom. The van der Waals surface area contributed by atoms with Gasteiger partial charge < -0.3 is 10.2 Å². The Labute approximate surface area is 94.9 Å². The summed E-state index contributed by atoms with van der Waals surface area (Å²) in [5.74, 6) is -1.36. The number of aliphatic hydroxyl groups excluding tert-OH is 1. The van der Waals surface area contributed by atoms with E-state index in [9.17, 15) is 9.90 Å². The quantitative estimate of drug-likeness (QED) is 0.817. The fourth-order valence-electron chi connectivity index (χ4n) is 1.15. The molecule has 1 atom stereocenters. The van der Waals surface area contributed by atoms with E-state index >= 15 is 0 Å². The van der Waals surface area contributed by atoms with Gasteiger partial charge in [0.15, 0.2) is 6.10 Å². The molecular weight excluding hydrogens is 262 g/mol. The molecule has 1 aromatic carbocycles. The first-order valence-corrected chi connectivity index (χ1v) is 5.22. The molecule has 0 aromatic heterocycles. The van der Waals surface area contributed by atoms with Crippen molar-refractivity contribution in [2.75, 3.05) is 0 Å². The lowest BCUT2D eigenvalue weighted by atomic mass is 10.0. The van der Waals surface area contributed by atoms with Crippen molar-refractivity contribution in [3.05, 3.63) is 34.9 Å². The van der Waals surface area contributed by atoms with E-state index < -0.39 is 12.1 Å². The van der Waals surface area contributed by atoms with Gasteiger partial charge in [-0.05, 0) is 11.6 Å². The van der Waals surface area contributed by atoms with Crippen LogP contribution in [0.4, 0.5) is 0 Å². The fourth-order valence-corrected chi connectivity index (χ4v) is 1.50. The predicted octanol–water partition coefficient (Wildman–Crippen LogP) is 1.57. The van der Waals surface area contributed by atoms with E-state index in [0.717, 1.165) is 5.56 Å². The smallest absolute Gasteiger partial charge is 0.337 e. The molecule has 0 aliphatic carbocycles. The highest BCUT2D eigenvalue weighted by Crippen LogP contribution is 2.20. The van der Waals surface area contributed by atoms with Crippen molar-refractivity contribution in [3.63, 3.8) is 0 Å². The summed E-state index contributed by atoms with van der Waals surface area (Å²) in [6, 6.07) is 6.53. The van der Waals surface area contributed by atoms with Gasteiger partial charge in [-0.1, -0.05) is 28.1 Å². The summed E-state index contributed by atoms with van der Waals surface area (Å²) in [5.41, 5.74) is 1.16. The third-order valence-electron chi connectivity index (χ3n) is 1.92. The minimum atomic E-state index is -1.65. The number of carboxylic acid groups (broad SMARTS) is 1. The van der Waals surface area contributed by atoms with Gasteiger partial charge in [0, 0.05) is 10.9 Å². The van der Waals surface area contributed by atoms with Gasteiger partial charge in [0.25, 0.3) is 0 Å². The number of aliphatic carboxylic acids is 1. The Balaban J connectivity index is 3.20. The number of benzene rings is 1. The van der Waals surface area contributed by atoms with Gasteiger partial charge in [0.05, 0.1) is 11.6 Å². The molecule has 0 fully saturated rings. The Kier molecular flexibility index (Phi) is 3.83. The Bertz CT molecular complexity index is 425. The number of alkyl halides is 1. The van der Waals surface area contributed by atoms with Crippen molar-refractivity contribution in [1.82, 2.24) is 0 Å². The number of carboxylic acids is 1. The van der Waals surface area contributed by atoms with Crippen LogP contribution in [-0.2, 0) is 10.1 Å². The van der Waals surface area contributed by atoms with Crippen LogP contribution in [0, 0.1) is 11.3 Å².